The van der Waals surface area contributed by atoms with Crippen LogP contribution in [0, 0.1) is 0 Å². The van der Waals surface area contributed by atoms with E-state index in [1.165, 1.54) is 0 Å². The van der Waals surface area contributed by atoms with Crippen LogP contribution < -0.4 is 10.2 Å². The Balaban J connectivity index is 1.67. The molecule has 3 aromatic carbocycles. The van der Waals surface area contributed by atoms with Gasteiger partial charge in [-0.15, -0.1) is 0 Å². The van der Waals surface area contributed by atoms with Crippen LogP contribution in [-0.2, 0) is 0 Å². The number of phenols is 1. The molecule has 4 aromatic rings. The van der Waals surface area contributed by atoms with E-state index in [1.807, 2.05) is 66.7 Å². The Hall–Kier alpha value is -4.19. The number of hydrogen-bond acceptors (Lipinski definition) is 6. The van der Waals surface area contributed by atoms with Crippen LogP contribution in [0.4, 0.5) is 5.82 Å². The molecule has 0 amide bonds. The van der Waals surface area contributed by atoms with E-state index in [-0.39, 0.29) is 5.75 Å². The molecule has 1 heterocycles. The van der Waals surface area contributed by atoms with Gasteiger partial charge in [0.05, 0.1) is 24.6 Å². The van der Waals surface area contributed by atoms with Crippen LogP contribution in [0.25, 0.3) is 22.6 Å². The third kappa shape index (κ3) is 4.44. The second kappa shape index (κ2) is 8.87. The molecule has 0 fully saturated rings. The van der Waals surface area contributed by atoms with Gasteiger partial charge in [-0.1, -0.05) is 42.5 Å². The third-order valence-corrected chi connectivity index (χ3v) is 4.45. The summed E-state index contributed by atoms with van der Waals surface area (Å²) in [6.45, 7) is 0. The van der Waals surface area contributed by atoms with Crippen molar-refractivity contribution in [3.8, 4) is 34.1 Å². The molecule has 0 aliphatic heterocycles. The minimum absolute atomic E-state index is 0.121. The Morgan fingerprint density at radius 3 is 2.37 bits per heavy atom. The van der Waals surface area contributed by atoms with E-state index in [1.54, 1.807) is 31.5 Å². The molecule has 0 spiro atoms. The average molecular weight is 396 g/mol. The second-order valence-electron chi connectivity index (χ2n) is 6.49. The van der Waals surface area contributed by atoms with Crippen LogP contribution in [0.3, 0.4) is 0 Å². The molecule has 6 heteroatoms. The molecule has 148 valence electrons. The van der Waals surface area contributed by atoms with Gasteiger partial charge in [0.15, 0.2) is 11.6 Å². The molecule has 0 unspecified atom stereocenters. The van der Waals surface area contributed by atoms with Gasteiger partial charge in [-0.05, 0) is 42.0 Å². The molecule has 0 aliphatic rings. The highest BCUT2D eigenvalue weighted by Gasteiger charge is 2.11. The van der Waals surface area contributed by atoms with Crippen LogP contribution >= 0.6 is 0 Å². The van der Waals surface area contributed by atoms with Gasteiger partial charge in [-0.2, -0.15) is 5.10 Å². The summed E-state index contributed by atoms with van der Waals surface area (Å²) in [7, 11) is 1.63. The number of nitrogens with zero attached hydrogens (tertiary/aromatic N) is 3. The van der Waals surface area contributed by atoms with E-state index in [0.717, 1.165) is 22.6 Å². The van der Waals surface area contributed by atoms with Crippen molar-refractivity contribution < 1.29 is 9.84 Å². The summed E-state index contributed by atoms with van der Waals surface area (Å²) in [4.78, 5) is 9.18. The van der Waals surface area contributed by atoms with E-state index in [0.29, 0.717) is 17.2 Å². The molecule has 1 aromatic heterocycles. The normalized spacial score (nSPS) is 10.8. The molecule has 6 nitrogen and oxygen atoms in total. The zero-order valence-electron chi connectivity index (χ0n) is 16.4. The van der Waals surface area contributed by atoms with Crippen molar-refractivity contribution in [2.45, 2.75) is 0 Å². The summed E-state index contributed by atoms with van der Waals surface area (Å²) in [6.07, 6.45) is 1.70. The predicted octanol–water partition coefficient (Wildman–Crippen LogP) is 4.97. The van der Waals surface area contributed by atoms with Crippen molar-refractivity contribution in [1.82, 2.24) is 9.97 Å². The van der Waals surface area contributed by atoms with Gasteiger partial charge in [-0.25, -0.2) is 9.97 Å². The molecule has 30 heavy (non-hydrogen) atoms. The first-order valence-electron chi connectivity index (χ1n) is 9.39. The fraction of sp³-hybridized carbons (Fsp3) is 0.0417. The number of rotatable bonds is 6. The minimum Gasteiger partial charge on any atom is -0.507 e. The number of ether oxygens (including phenoxy) is 1. The number of benzene rings is 3. The first-order chi connectivity index (χ1) is 14.7. The maximum absolute atomic E-state index is 10.2. The summed E-state index contributed by atoms with van der Waals surface area (Å²) in [5.41, 5.74) is 6.11. The van der Waals surface area contributed by atoms with Gasteiger partial charge >= 0.3 is 0 Å². The summed E-state index contributed by atoms with van der Waals surface area (Å²) >= 11 is 0. The fourth-order valence-corrected chi connectivity index (χ4v) is 2.91. The maximum atomic E-state index is 10.2. The molecule has 0 aliphatic carbocycles. The van der Waals surface area contributed by atoms with Crippen LogP contribution in [0.5, 0.6) is 11.5 Å². The summed E-state index contributed by atoms with van der Waals surface area (Å²) in [5.74, 6) is 1.84. The first-order valence-corrected chi connectivity index (χ1v) is 9.39. The van der Waals surface area contributed by atoms with Gasteiger partial charge in [-0.3, -0.25) is 5.43 Å². The summed E-state index contributed by atoms with van der Waals surface area (Å²) < 4.78 is 5.17. The first kappa shape index (κ1) is 19.1. The molecule has 0 saturated heterocycles. The Bertz CT molecular complexity index is 1160. The number of aromatic nitrogens is 2. The van der Waals surface area contributed by atoms with Crippen molar-refractivity contribution in [1.29, 1.82) is 0 Å². The number of aromatic hydroxyl groups is 1. The SMILES string of the molecule is COc1ccc(/C=N/Nc2cc(-c3ccccc3)nc(-c3ccccc3O)n2)cc1. The maximum Gasteiger partial charge on any atom is 0.165 e. The van der Waals surface area contributed by atoms with E-state index in [2.05, 4.69) is 20.5 Å². The van der Waals surface area contributed by atoms with Crippen molar-refractivity contribution in [2.24, 2.45) is 5.10 Å². The van der Waals surface area contributed by atoms with Gasteiger partial charge < -0.3 is 9.84 Å². The highest BCUT2D eigenvalue weighted by Crippen LogP contribution is 2.29. The van der Waals surface area contributed by atoms with E-state index in [4.69, 9.17) is 4.74 Å². The highest BCUT2D eigenvalue weighted by molar-refractivity contribution is 5.80. The van der Waals surface area contributed by atoms with Gasteiger partial charge in [0.25, 0.3) is 0 Å². The van der Waals surface area contributed by atoms with E-state index in [9.17, 15) is 5.11 Å². The van der Waals surface area contributed by atoms with Crippen LogP contribution in [0.1, 0.15) is 5.56 Å². The molecule has 0 saturated carbocycles. The summed E-state index contributed by atoms with van der Waals surface area (Å²) in [5, 5.41) is 14.5. The third-order valence-electron chi connectivity index (χ3n) is 4.45. The minimum atomic E-state index is 0.121. The summed E-state index contributed by atoms with van der Waals surface area (Å²) in [6, 6.07) is 26.2. The van der Waals surface area contributed by atoms with Crippen molar-refractivity contribution >= 4 is 12.0 Å². The second-order valence-corrected chi connectivity index (χ2v) is 6.49. The lowest BCUT2D eigenvalue weighted by Gasteiger charge is -2.09. The Morgan fingerprint density at radius 1 is 0.900 bits per heavy atom. The van der Waals surface area contributed by atoms with Crippen molar-refractivity contribution in [3.63, 3.8) is 0 Å². The predicted molar refractivity (Wildman–Crippen MR) is 119 cm³/mol. The number of nitrogens with one attached hydrogen (secondary N) is 1. The number of methoxy groups -OCH3 is 1. The molecule has 4 rings (SSSR count). The lowest BCUT2D eigenvalue weighted by atomic mass is 10.1. The lowest BCUT2D eigenvalue weighted by Crippen LogP contribution is -1.99. The zero-order chi connectivity index (χ0) is 20.8. The van der Waals surface area contributed by atoms with Gasteiger partial charge in [0, 0.05) is 11.6 Å². The molecule has 0 radical (unpaired) electrons. The number of phenolic OH excluding ortho intramolecular Hbond substituents is 1. The number of hydrogen-bond donors (Lipinski definition) is 2. The molecule has 2 N–H and O–H groups in total. The van der Waals surface area contributed by atoms with Gasteiger partial charge in [0.2, 0.25) is 0 Å². The molecule has 0 bridgehead atoms. The monoisotopic (exact) mass is 396 g/mol. The van der Waals surface area contributed by atoms with Crippen LogP contribution in [0.2, 0.25) is 0 Å². The Kier molecular flexibility index (Phi) is 5.66. The molecular formula is C24H20N4O2. The van der Waals surface area contributed by atoms with Gasteiger partial charge in [0.1, 0.15) is 11.5 Å². The topological polar surface area (TPSA) is 79.6 Å². The quantitative estimate of drug-likeness (QED) is 0.355. The largest absolute Gasteiger partial charge is 0.507 e. The number of hydrazone groups is 1. The Morgan fingerprint density at radius 2 is 1.63 bits per heavy atom. The standard InChI is InChI=1S/C24H20N4O2/c1-30-19-13-11-17(12-14-19)16-25-28-23-15-21(18-7-3-2-4-8-18)26-24(27-23)20-9-5-6-10-22(20)29/h2-16,29H,1H3,(H,26,27,28)/b25-16+. The van der Waals surface area contributed by atoms with Crippen LogP contribution in [0.15, 0.2) is 90.0 Å². The fourth-order valence-electron chi connectivity index (χ4n) is 2.91. The number of anilines is 1. The molecule has 0 atom stereocenters. The Labute approximate surface area is 174 Å². The van der Waals surface area contributed by atoms with Crippen molar-refractivity contribution in [3.05, 3.63) is 90.5 Å². The average Bonchev–Trinajstić information content (AvgIpc) is 2.80. The van der Waals surface area contributed by atoms with Crippen molar-refractivity contribution in [2.75, 3.05) is 12.5 Å². The van der Waals surface area contributed by atoms with E-state index >= 15 is 0 Å². The smallest absolute Gasteiger partial charge is 0.165 e. The highest BCUT2D eigenvalue weighted by atomic mass is 16.5. The number of para-hydroxylation sites is 1. The van der Waals surface area contributed by atoms with Crippen LogP contribution in [-0.4, -0.2) is 28.4 Å². The lowest BCUT2D eigenvalue weighted by molar-refractivity contribution is 0.415. The zero-order valence-corrected chi connectivity index (χ0v) is 16.4. The molecular weight excluding hydrogens is 376 g/mol. The van der Waals surface area contributed by atoms with E-state index < -0.39 is 0 Å².